The molecule has 0 radical (unpaired) electrons. The molecule has 0 saturated carbocycles. The highest BCUT2D eigenvalue weighted by molar-refractivity contribution is 7.89. The van der Waals surface area contributed by atoms with Gasteiger partial charge in [-0.05, 0) is 25.3 Å². The van der Waals surface area contributed by atoms with Crippen LogP contribution >= 0.6 is 0 Å². The summed E-state index contributed by atoms with van der Waals surface area (Å²) in [5, 5.41) is 13.7. The Hall–Kier alpha value is -2.20. The summed E-state index contributed by atoms with van der Waals surface area (Å²) in [7, 11) is -1.85. The van der Waals surface area contributed by atoms with Crippen molar-refractivity contribution in [1.82, 2.24) is 9.62 Å². The van der Waals surface area contributed by atoms with Crippen molar-refractivity contribution in [1.29, 1.82) is 0 Å². The van der Waals surface area contributed by atoms with Crippen LogP contribution in [0.15, 0.2) is 18.2 Å². The third-order valence-electron chi connectivity index (χ3n) is 4.28. The number of nitrogens with zero attached hydrogens (tertiary/aromatic N) is 2. The van der Waals surface area contributed by atoms with Crippen molar-refractivity contribution >= 4 is 21.6 Å². The maximum atomic E-state index is 12.5. The number of hydrogen-bond donors (Lipinski definition) is 1. The Labute approximate surface area is 152 Å². The lowest BCUT2D eigenvalue weighted by Crippen LogP contribution is -2.47. The van der Waals surface area contributed by atoms with Gasteiger partial charge < -0.3 is 10.1 Å². The Kier molecular flexibility index (Phi) is 6.54. The van der Waals surface area contributed by atoms with E-state index in [0.717, 1.165) is 0 Å². The molecule has 1 amide bonds. The van der Waals surface area contributed by atoms with E-state index in [1.807, 2.05) is 6.92 Å². The number of nitrogens with one attached hydrogen (secondary N) is 1. The van der Waals surface area contributed by atoms with Crippen molar-refractivity contribution in [3.8, 4) is 5.75 Å². The molecule has 1 aliphatic heterocycles. The first kappa shape index (κ1) is 20.1. The number of piperidine rings is 1. The molecule has 1 aliphatic rings. The van der Waals surface area contributed by atoms with E-state index < -0.39 is 20.9 Å². The molecular weight excluding hydrogens is 362 g/mol. The second kappa shape index (κ2) is 8.45. The standard InChI is InChI=1S/C16H23N3O6S/c1-3-10-26(23,24)18-8-6-12(7-9-18)17-16(20)14-11-13(19(21)22)4-5-15(14)25-2/h4-5,11-12H,3,6-10H2,1-2H3,(H,17,20). The van der Waals surface area contributed by atoms with Crippen LogP contribution < -0.4 is 10.1 Å². The van der Waals surface area contributed by atoms with Gasteiger partial charge in [-0.2, -0.15) is 0 Å². The number of methoxy groups -OCH3 is 1. The molecule has 0 aromatic heterocycles. The second-order valence-electron chi connectivity index (χ2n) is 6.10. The van der Waals surface area contributed by atoms with Crippen molar-refractivity contribution < 1.29 is 22.9 Å². The normalized spacial score (nSPS) is 16.2. The van der Waals surface area contributed by atoms with Crippen molar-refractivity contribution in [2.45, 2.75) is 32.2 Å². The fourth-order valence-corrected chi connectivity index (χ4v) is 4.46. The van der Waals surface area contributed by atoms with Crippen LogP contribution in [0.3, 0.4) is 0 Å². The first-order chi connectivity index (χ1) is 12.3. The van der Waals surface area contributed by atoms with Crippen LogP contribution in [0.2, 0.25) is 0 Å². The number of nitro groups is 1. The van der Waals surface area contributed by atoms with Gasteiger partial charge in [-0.15, -0.1) is 0 Å². The SMILES string of the molecule is CCCS(=O)(=O)N1CCC(NC(=O)c2cc([N+](=O)[O-])ccc2OC)CC1. The highest BCUT2D eigenvalue weighted by atomic mass is 32.2. The van der Waals surface area contributed by atoms with E-state index in [0.29, 0.717) is 32.4 Å². The van der Waals surface area contributed by atoms with Crippen molar-refractivity contribution in [2.75, 3.05) is 26.0 Å². The first-order valence-electron chi connectivity index (χ1n) is 8.39. The summed E-state index contributed by atoms with van der Waals surface area (Å²) >= 11 is 0. The molecule has 144 valence electrons. The maximum absolute atomic E-state index is 12.5. The Morgan fingerprint density at radius 3 is 2.58 bits per heavy atom. The molecule has 0 aliphatic carbocycles. The van der Waals surface area contributed by atoms with Gasteiger partial charge >= 0.3 is 0 Å². The predicted octanol–water partition coefficient (Wildman–Crippen LogP) is 1.54. The van der Waals surface area contributed by atoms with Gasteiger partial charge in [0.25, 0.3) is 11.6 Å². The Balaban J connectivity index is 2.03. The number of ether oxygens (including phenoxy) is 1. The third-order valence-corrected chi connectivity index (χ3v) is 6.36. The van der Waals surface area contributed by atoms with Crippen LogP contribution in [0.4, 0.5) is 5.69 Å². The molecule has 1 aromatic rings. The van der Waals surface area contributed by atoms with E-state index in [2.05, 4.69) is 5.32 Å². The lowest BCUT2D eigenvalue weighted by atomic mass is 10.1. The van der Waals surface area contributed by atoms with Gasteiger partial charge in [-0.3, -0.25) is 14.9 Å². The average Bonchev–Trinajstić information content (AvgIpc) is 2.61. The minimum atomic E-state index is -3.24. The number of rotatable bonds is 7. The van der Waals surface area contributed by atoms with E-state index in [1.165, 1.54) is 29.6 Å². The first-order valence-corrected chi connectivity index (χ1v) is 10.0. The molecule has 1 fully saturated rings. The van der Waals surface area contributed by atoms with Crippen LogP contribution in [-0.4, -0.2) is 55.5 Å². The number of amides is 1. The van der Waals surface area contributed by atoms with Crippen LogP contribution in [0.5, 0.6) is 5.75 Å². The van der Waals surface area contributed by atoms with E-state index in [1.54, 1.807) is 0 Å². The number of nitro benzene ring substituents is 1. The molecule has 26 heavy (non-hydrogen) atoms. The molecule has 1 saturated heterocycles. The minimum Gasteiger partial charge on any atom is -0.496 e. The third kappa shape index (κ3) is 4.70. The summed E-state index contributed by atoms with van der Waals surface area (Å²) < 4.78 is 30.7. The number of carbonyl (C=O) groups excluding carboxylic acids is 1. The number of sulfonamides is 1. The number of non-ortho nitro benzene ring substituents is 1. The van der Waals surface area contributed by atoms with Gasteiger partial charge in [0.1, 0.15) is 5.75 Å². The summed E-state index contributed by atoms with van der Waals surface area (Å²) in [4.78, 5) is 22.8. The average molecular weight is 385 g/mol. The highest BCUT2D eigenvalue weighted by Crippen LogP contribution is 2.24. The highest BCUT2D eigenvalue weighted by Gasteiger charge is 2.29. The smallest absolute Gasteiger partial charge is 0.270 e. The largest absolute Gasteiger partial charge is 0.496 e. The fraction of sp³-hybridized carbons (Fsp3) is 0.562. The summed E-state index contributed by atoms with van der Waals surface area (Å²) in [5.41, 5.74) is -0.112. The zero-order chi connectivity index (χ0) is 19.3. The van der Waals surface area contributed by atoms with Crippen LogP contribution in [-0.2, 0) is 10.0 Å². The molecule has 0 spiro atoms. The summed E-state index contributed by atoms with van der Waals surface area (Å²) in [6, 6.07) is 3.63. The topological polar surface area (TPSA) is 119 Å². The number of benzene rings is 1. The summed E-state index contributed by atoms with van der Waals surface area (Å²) in [5.74, 6) is -0.106. The zero-order valence-corrected chi connectivity index (χ0v) is 15.6. The van der Waals surface area contributed by atoms with E-state index in [4.69, 9.17) is 4.74 Å². The molecule has 2 rings (SSSR count). The Morgan fingerprint density at radius 1 is 1.38 bits per heavy atom. The van der Waals surface area contributed by atoms with Gasteiger partial charge in [0.05, 0.1) is 23.3 Å². The molecule has 0 bridgehead atoms. The van der Waals surface area contributed by atoms with Crippen molar-refractivity contribution in [2.24, 2.45) is 0 Å². The molecule has 10 heteroatoms. The molecule has 9 nitrogen and oxygen atoms in total. The zero-order valence-electron chi connectivity index (χ0n) is 14.8. The minimum absolute atomic E-state index is 0.0859. The van der Waals surface area contributed by atoms with Gasteiger partial charge in [0.15, 0.2) is 0 Å². The Morgan fingerprint density at radius 2 is 2.04 bits per heavy atom. The molecular formula is C16H23N3O6S. The molecule has 1 aromatic carbocycles. The van der Waals surface area contributed by atoms with E-state index in [9.17, 15) is 23.3 Å². The maximum Gasteiger partial charge on any atom is 0.270 e. The van der Waals surface area contributed by atoms with Crippen LogP contribution in [0.25, 0.3) is 0 Å². The molecule has 0 atom stereocenters. The molecule has 1 heterocycles. The lowest BCUT2D eigenvalue weighted by Gasteiger charge is -2.31. The van der Waals surface area contributed by atoms with Gasteiger partial charge in [0, 0.05) is 31.3 Å². The predicted molar refractivity (Wildman–Crippen MR) is 95.8 cm³/mol. The van der Waals surface area contributed by atoms with Crippen molar-refractivity contribution in [3.05, 3.63) is 33.9 Å². The van der Waals surface area contributed by atoms with E-state index >= 15 is 0 Å². The summed E-state index contributed by atoms with van der Waals surface area (Å²) in [6.07, 6.45) is 1.55. The number of carbonyl (C=O) groups is 1. The second-order valence-corrected chi connectivity index (χ2v) is 8.19. The van der Waals surface area contributed by atoms with Gasteiger partial charge in [-0.25, -0.2) is 12.7 Å². The lowest BCUT2D eigenvalue weighted by molar-refractivity contribution is -0.384. The van der Waals surface area contributed by atoms with Gasteiger partial charge in [0.2, 0.25) is 10.0 Å². The molecule has 0 unspecified atom stereocenters. The van der Waals surface area contributed by atoms with Gasteiger partial charge in [-0.1, -0.05) is 6.92 Å². The Bertz CT molecular complexity index is 772. The van der Waals surface area contributed by atoms with Crippen LogP contribution in [0.1, 0.15) is 36.5 Å². The summed E-state index contributed by atoms with van der Waals surface area (Å²) in [6.45, 7) is 2.51. The molecule has 1 N–H and O–H groups in total. The van der Waals surface area contributed by atoms with Crippen molar-refractivity contribution in [3.63, 3.8) is 0 Å². The van der Waals surface area contributed by atoms with Crippen LogP contribution in [0, 0.1) is 10.1 Å². The quantitative estimate of drug-likeness (QED) is 0.562. The number of hydrogen-bond acceptors (Lipinski definition) is 6. The fourth-order valence-electron chi connectivity index (χ4n) is 2.92. The van der Waals surface area contributed by atoms with E-state index in [-0.39, 0.29) is 28.8 Å². The monoisotopic (exact) mass is 385 g/mol.